The molecule has 5 nitrogen and oxygen atoms in total. The predicted octanol–water partition coefficient (Wildman–Crippen LogP) is 4.13. The van der Waals surface area contributed by atoms with Gasteiger partial charge in [0, 0.05) is 35.9 Å². The second kappa shape index (κ2) is 6.96. The smallest absolute Gasteiger partial charge is 0.0923 e. The third-order valence-corrected chi connectivity index (χ3v) is 4.48. The van der Waals surface area contributed by atoms with E-state index in [0.717, 1.165) is 41.2 Å². The zero-order valence-electron chi connectivity index (χ0n) is 15.0. The van der Waals surface area contributed by atoms with Gasteiger partial charge in [-0.3, -0.25) is 14.3 Å². The maximum Gasteiger partial charge on any atom is 0.0923 e. The van der Waals surface area contributed by atoms with Crippen molar-refractivity contribution in [1.29, 1.82) is 0 Å². The number of hydrogen-bond acceptors (Lipinski definition) is 3. The Bertz CT molecular complexity index is 1030. The molecule has 4 rings (SSSR count). The molecule has 0 aliphatic carbocycles. The van der Waals surface area contributed by atoms with Gasteiger partial charge >= 0.3 is 0 Å². The Labute approximate surface area is 152 Å². The molecule has 0 N–H and O–H groups in total. The highest BCUT2D eigenvalue weighted by Gasteiger charge is 2.07. The predicted molar refractivity (Wildman–Crippen MR) is 103 cm³/mol. The van der Waals surface area contributed by atoms with Crippen molar-refractivity contribution in [3.63, 3.8) is 0 Å². The summed E-state index contributed by atoms with van der Waals surface area (Å²) in [7, 11) is 0. The third kappa shape index (κ3) is 3.42. The van der Waals surface area contributed by atoms with E-state index >= 15 is 0 Å². The molecule has 0 atom stereocenters. The molecule has 0 aliphatic heterocycles. The van der Waals surface area contributed by atoms with Crippen LogP contribution in [0, 0.1) is 13.8 Å². The van der Waals surface area contributed by atoms with E-state index in [1.165, 1.54) is 5.56 Å². The molecule has 0 spiro atoms. The van der Waals surface area contributed by atoms with Crippen molar-refractivity contribution in [2.75, 3.05) is 0 Å². The van der Waals surface area contributed by atoms with Crippen molar-refractivity contribution < 1.29 is 0 Å². The highest BCUT2D eigenvalue weighted by Crippen LogP contribution is 2.27. The van der Waals surface area contributed by atoms with Gasteiger partial charge in [-0.2, -0.15) is 10.2 Å². The van der Waals surface area contributed by atoms with Crippen LogP contribution in [0.15, 0.2) is 67.3 Å². The molecule has 130 valence electrons. The van der Waals surface area contributed by atoms with Gasteiger partial charge in [0.05, 0.1) is 24.5 Å². The molecule has 0 radical (unpaired) electrons. The number of benzene rings is 1. The standard InChI is InChI=1S/C21H21N5/c1-16-6-9-22-15-20(16)18-4-3-5-19(14-18)21-8-11-26(24-21)13-12-25-10-7-17(2)23-25/h3-11,14-15H,12-13H2,1-2H3. The molecule has 0 saturated heterocycles. The molecule has 4 aromatic rings. The Morgan fingerprint density at radius 2 is 1.62 bits per heavy atom. The lowest BCUT2D eigenvalue weighted by molar-refractivity contribution is 0.499. The average Bonchev–Trinajstić information content (AvgIpc) is 3.29. The van der Waals surface area contributed by atoms with E-state index in [9.17, 15) is 0 Å². The molecule has 0 fully saturated rings. The molecule has 1 aromatic carbocycles. The lowest BCUT2D eigenvalue weighted by Crippen LogP contribution is -2.08. The number of hydrogen-bond donors (Lipinski definition) is 0. The van der Waals surface area contributed by atoms with E-state index in [0.29, 0.717) is 0 Å². The topological polar surface area (TPSA) is 48.5 Å². The molecule has 0 saturated carbocycles. The van der Waals surface area contributed by atoms with Gasteiger partial charge in [-0.1, -0.05) is 18.2 Å². The molecule has 3 aromatic heterocycles. The molecule has 26 heavy (non-hydrogen) atoms. The van der Waals surface area contributed by atoms with Crippen LogP contribution in [0.4, 0.5) is 0 Å². The normalized spacial score (nSPS) is 11.0. The molecule has 0 amide bonds. The molecular weight excluding hydrogens is 322 g/mol. The van der Waals surface area contributed by atoms with Gasteiger partial charge in [-0.25, -0.2) is 0 Å². The number of aryl methyl sites for hydroxylation is 4. The number of pyridine rings is 1. The first-order chi connectivity index (χ1) is 12.7. The fourth-order valence-electron chi connectivity index (χ4n) is 3.05. The van der Waals surface area contributed by atoms with Crippen LogP contribution in [0.3, 0.4) is 0 Å². The van der Waals surface area contributed by atoms with E-state index < -0.39 is 0 Å². The molecular formula is C21H21N5. The fraction of sp³-hybridized carbons (Fsp3) is 0.190. The van der Waals surface area contributed by atoms with E-state index in [4.69, 9.17) is 5.10 Å². The molecule has 0 unspecified atom stereocenters. The minimum absolute atomic E-state index is 0.794. The summed E-state index contributed by atoms with van der Waals surface area (Å²) in [5.74, 6) is 0. The summed E-state index contributed by atoms with van der Waals surface area (Å²) in [6.45, 7) is 5.71. The lowest BCUT2D eigenvalue weighted by Gasteiger charge is -2.07. The first-order valence-corrected chi connectivity index (χ1v) is 8.74. The molecule has 5 heteroatoms. The van der Waals surface area contributed by atoms with Crippen LogP contribution in [0.25, 0.3) is 22.4 Å². The third-order valence-electron chi connectivity index (χ3n) is 4.48. The largest absolute Gasteiger partial charge is 0.271 e. The van der Waals surface area contributed by atoms with Gasteiger partial charge in [0.2, 0.25) is 0 Å². The minimum atomic E-state index is 0.794. The molecule has 0 bridgehead atoms. The summed E-state index contributed by atoms with van der Waals surface area (Å²) >= 11 is 0. The van der Waals surface area contributed by atoms with E-state index in [1.807, 2.05) is 53.2 Å². The Kier molecular flexibility index (Phi) is 4.35. The van der Waals surface area contributed by atoms with Crippen molar-refractivity contribution in [3.8, 4) is 22.4 Å². The first kappa shape index (κ1) is 16.3. The average molecular weight is 343 g/mol. The minimum Gasteiger partial charge on any atom is -0.271 e. The summed E-state index contributed by atoms with van der Waals surface area (Å²) in [5.41, 5.74) is 6.66. The van der Waals surface area contributed by atoms with E-state index in [2.05, 4.69) is 47.3 Å². The number of nitrogens with zero attached hydrogens (tertiary/aromatic N) is 5. The zero-order chi connectivity index (χ0) is 17.9. The highest BCUT2D eigenvalue weighted by molar-refractivity contribution is 5.72. The second-order valence-electron chi connectivity index (χ2n) is 6.46. The van der Waals surface area contributed by atoms with Crippen molar-refractivity contribution in [1.82, 2.24) is 24.5 Å². The van der Waals surface area contributed by atoms with Crippen molar-refractivity contribution in [3.05, 3.63) is 78.5 Å². The quantitative estimate of drug-likeness (QED) is 0.547. The SMILES string of the molecule is Cc1ccn(CCn2ccc(-c3cccc(-c4cnccc4C)c3)n2)n1. The van der Waals surface area contributed by atoms with Gasteiger partial charge in [0.15, 0.2) is 0 Å². The number of aromatic nitrogens is 5. The first-order valence-electron chi connectivity index (χ1n) is 8.74. The summed E-state index contributed by atoms with van der Waals surface area (Å²) in [4.78, 5) is 4.26. The molecule has 0 aliphatic rings. The second-order valence-corrected chi connectivity index (χ2v) is 6.46. The number of rotatable bonds is 5. The van der Waals surface area contributed by atoms with Crippen LogP contribution in [-0.4, -0.2) is 24.5 Å². The fourth-order valence-corrected chi connectivity index (χ4v) is 3.05. The molecule has 3 heterocycles. The van der Waals surface area contributed by atoms with Crippen molar-refractivity contribution in [2.24, 2.45) is 0 Å². The van der Waals surface area contributed by atoms with E-state index in [1.54, 1.807) is 0 Å². The van der Waals surface area contributed by atoms with E-state index in [-0.39, 0.29) is 0 Å². The monoisotopic (exact) mass is 343 g/mol. The van der Waals surface area contributed by atoms with Gasteiger partial charge in [-0.05, 0) is 49.2 Å². The maximum absolute atomic E-state index is 4.72. The van der Waals surface area contributed by atoms with Gasteiger partial charge in [0.25, 0.3) is 0 Å². The summed E-state index contributed by atoms with van der Waals surface area (Å²) in [5, 5.41) is 9.13. The van der Waals surface area contributed by atoms with Gasteiger partial charge in [0.1, 0.15) is 0 Å². The lowest BCUT2D eigenvalue weighted by atomic mass is 10.00. The van der Waals surface area contributed by atoms with Crippen LogP contribution in [-0.2, 0) is 13.1 Å². The summed E-state index contributed by atoms with van der Waals surface area (Å²) in [6.07, 6.45) is 7.76. The Morgan fingerprint density at radius 1 is 0.846 bits per heavy atom. The van der Waals surface area contributed by atoms with Crippen LogP contribution < -0.4 is 0 Å². The summed E-state index contributed by atoms with van der Waals surface area (Å²) in [6, 6.07) is 14.6. The van der Waals surface area contributed by atoms with Crippen molar-refractivity contribution >= 4 is 0 Å². The van der Waals surface area contributed by atoms with Gasteiger partial charge < -0.3 is 0 Å². The zero-order valence-corrected chi connectivity index (χ0v) is 15.0. The maximum atomic E-state index is 4.72. The van der Waals surface area contributed by atoms with Gasteiger partial charge in [-0.15, -0.1) is 0 Å². The Balaban J connectivity index is 1.54. The van der Waals surface area contributed by atoms with Crippen LogP contribution in [0.5, 0.6) is 0 Å². The Morgan fingerprint density at radius 3 is 2.38 bits per heavy atom. The highest BCUT2D eigenvalue weighted by atomic mass is 15.3. The van der Waals surface area contributed by atoms with Crippen LogP contribution >= 0.6 is 0 Å². The van der Waals surface area contributed by atoms with Crippen molar-refractivity contribution in [2.45, 2.75) is 26.9 Å². The summed E-state index contributed by atoms with van der Waals surface area (Å²) < 4.78 is 3.91. The van der Waals surface area contributed by atoms with Crippen LogP contribution in [0.2, 0.25) is 0 Å². The Hall–Kier alpha value is -3.21. The van der Waals surface area contributed by atoms with Crippen LogP contribution in [0.1, 0.15) is 11.3 Å².